The summed E-state index contributed by atoms with van der Waals surface area (Å²) in [6.07, 6.45) is 3.93. The lowest BCUT2D eigenvalue weighted by Gasteiger charge is -2.35. The highest BCUT2D eigenvalue weighted by atomic mass is 32.2. The van der Waals surface area contributed by atoms with Gasteiger partial charge in [0.2, 0.25) is 0 Å². The molecule has 2 aliphatic rings. The average Bonchev–Trinajstić information content (AvgIpc) is 3.44. The van der Waals surface area contributed by atoms with Crippen molar-refractivity contribution in [1.29, 1.82) is 0 Å². The maximum Gasteiger partial charge on any atom is 0.310 e. The van der Waals surface area contributed by atoms with E-state index in [0.29, 0.717) is 19.4 Å². The van der Waals surface area contributed by atoms with E-state index in [-0.39, 0.29) is 28.6 Å². The Balaban J connectivity index is 1.24. The number of nitrogens with one attached hydrogen (secondary N) is 1. The number of hydrogen-bond acceptors (Lipinski definition) is 6. The third-order valence-corrected chi connectivity index (χ3v) is 10.0. The predicted molar refractivity (Wildman–Crippen MR) is 147 cm³/mol. The maximum atomic E-state index is 13.1. The van der Waals surface area contributed by atoms with Crippen molar-refractivity contribution in [1.82, 2.24) is 9.38 Å². The number of carbonyl (C=O) groups is 1. The monoisotopic (exact) mass is 529 g/mol. The van der Waals surface area contributed by atoms with Gasteiger partial charge in [-0.05, 0) is 66.1 Å². The Morgan fingerprint density at radius 1 is 1.03 bits per heavy atom. The molecule has 0 amide bonds. The number of Topliss-reactive ketones (excluding diaryl/α,β-unsaturated/α-hetero) is 1. The van der Waals surface area contributed by atoms with Gasteiger partial charge in [-0.3, -0.25) is 9.20 Å². The van der Waals surface area contributed by atoms with Crippen LogP contribution < -0.4 is 9.50 Å². The summed E-state index contributed by atoms with van der Waals surface area (Å²) in [6, 6.07) is 22.9. The van der Waals surface area contributed by atoms with Crippen molar-refractivity contribution < 1.29 is 17.4 Å². The van der Waals surface area contributed by atoms with Crippen LogP contribution in [0.15, 0.2) is 79.0 Å². The molecular formula is C30H31N3O4S. The fourth-order valence-corrected chi connectivity index (χ4v) is 8.15. The summed E-state index contributed by atoms with van der Waals surface area (Å²) in [5, 5.41) is 3.51. The Hall–Kier alpha value is -3.65. The van der Waals surface area contributed by atoms with Crippen molar-refractivity contribution in [2.24, 2.45) is 16.7 Å². The van der Waals surface area contributed by atoms with Gasteiger partial charge in [0, 0.05) is 24.7 Å². The molecule has 38 heavy (non-hydrogen) atoms. The smallest absolute Gasteiger partial charge is 0.310 e. The summed E-state index contributed by atoms with van der Waals surface area (Å²) in [7, 11) is -3.96. The van der Waals surface area contributed by atoms with Gasteiger partial charge in [-0.15, -0.1) is 0 Å². The minimum absolute atomic E-state index is 0.0589. The quantitative estimate of drug-likeness (QED) is 0.294. The summed E-state index contributed by atoms with van der Waals surface area (Å²) >= 11 is 0. The molecule has 0 radical (unpaired) electrons. The first kappa shape index (κ1) is 24.7. The lowest BCUT2D eigenvalue weighted by Crippen LogP contribution is -2.43. The summed E-state index contributed by atoms with van der Waals surface area (Å²) in [4.78, 5) is 17.6. The number of imidazole rings is 1. The first-order chi connectivity index (χ1) is 18.2. The van der Waals surface area contributed by atoms with Crippen molar-refractivity contribution >= 4 is 27.4 Å². The van der Waals surface area contributed by atoms with Crippen molar-refractivity contribution in [3.63, 3.8) is 0 Å². The number of pyridine rings is 1. The SMILES string of the molecule is CC1(C)C2CCC1(CS(=O)(=O)Oc1ccc(-c3nc4ccccn4c3NCc3ccccc3)cc1)C(=O)C2. The van der Waals surface area contributed by atoms with Gasteiger partial charge in [0.05, 0.1) is 11.2 Å². The van der Waals surface area contributed by atoms with E-state index in [1.165, 1.54) is 0 Å². The van der Waals surface area contributed by atoms with Gasteiger partial charge in [0.25, 0.3) is 0 Å². The van der Waals surface area contributed by atoms with Crippen LogP contribution in [0.1, 0.15) is 38.7 Å². The van der Waals surface area contributed by atoms with E-state index in [2.05, 4.69) is 17.4 Å². The topological polar surface area (TPSA) is 89.8 Å². The molecule has 0 aliphatic heterocycles. The minimum atomic E-state index is -3.96. The lowest BCUT2D eigenvalue weighted by molar-refractivity contribution is -0.128. The number of carbonyl (C=O) groups excluding carboxylic acids is 1. The summed E-state index contributed by atoms with van der Waals surface area (Å²) < 4.78 is 33.8. The molecule has 2 aliphatic carbocycles. The summed E-state index contributed by atoms with van der Waals surface area (Å²) in [5.41, 5.74) is 2.35. The molecule has 7 nitrogen and oxygen atoms in total. The normalized spacial score (nSPS) is 22.2. The number of hydrogen-bond donors (Lipinski definition) is 1. The average molecular weight is 530 g/mol. The zero-order valence-corrected chi connectivity index (χ0v) is 22.4. The molecule has 0 spiro atoms. The number of aromatic nitrogens is 2. The molecule has 2 aromatic carbocycles. The van der Waals surface area contributed by atoms with Gasteiger partial charge in [0.1, 0.15) is 28.7 Å². The first-order valence-electron chi connectivity index (χ1n) is 13.0. The second-order valence-corrected chi connectivity index (χ2v) is 12.6. The van der Waals surface area contributed by atoms with Gasteiger partial charge in [-0.25, -0.2) is 4.98 Å². The van der Waals surface area contributed by atoms with E-state index in [4.69, 9.17) is 9.17 Å². The summed E-state index contributed by atoms with van der Waals surface area (Å²) in [5.74, 6) is 1.11. The van der Waals surface area contributed by atoms with E-state index in [9.17, 15) is 13.2 Å². The Morgan fingerprint density at radius 3 is 2.45 bits per heavy atom. The predicted octanol–water partition coefficient (Wildman–Crippen LogP) is 5.72. The van der Waals surface area contributed by atoms with Gasteiger partial charge < -0.3 is 9.50 Å². The molecule has 2 aromatic heterocycles. The number of rotatable bonds is 8. The second kappa shape index (κ2) is 8.98. The third-order valence-electron chi connectivity index (χ3n) is 8.75. The molecule has 2 fully saturated rings. The molecule has 2 unspecified atom stereocenters. The van der Waals surface area contributed by atoms with Crippen LogP contribution in [-0.4, -0.2) is 29.3 Å². The van der Waals surface area contributed by atoms with E-state index in [0.717, 1.165) is 34.7 Å². The van der Waals surface area contributed by atoms with E-state index < -0.39 is 15.5 Å². The molecule has 2 atom stereocenters. The molecule has 2 heterocycles. The molecule has 196 valence electrons. The standard InChI is InChI=1S/C30H31N3O4S/c1-29(2)23-15-16-30(29,25(34)18-23)20-38(35,36)37-24-13-11-22(12-14-24)27-28(31-19-21-8-4-3-5-9-21)33-17-7-6-10-26(33)32-27/h3-14,17,23,31H,15-16,18-20H2,1-2H3. The molecule has 4 aromatic rings. The Bertz CT molecular complexity index is 1610. The zero-order valence-electron chi connectivity index (χ0n) is 21.6. The zero-order chi connectivity index (χ0) is 26.5. The second-order valence-electron chi connectivity index (χ2n) is 11.1. The Morgan fingerprint density at radius 2 is 1.76 bits per heavy atom. The Labute approximate surface area is 223 Å². The van der Waals surface area contributed by atoms with Gasteiger partial charge >= 0.3 is 10.1 Å². The van der Waals surface area contributed by atoms with E-state index in [1.807, 2.05) is 73.0 Å². The highest BCUT2D eigenvalue weighted by molar-refractivity contribution is 7.87. The van der Waals surface area contributed by atoms with Gasteiger partial charge in [0.15, 0.2) is 0 Å². The largest absolute Gasteiger partial charge is 0.382 e. The first-order valence-corrected chi connectivity index (χ1v) is 14.6. The van der Waals surface area contributed by atoms with Crippen LogP contribution in [0.5, 0.6) is 5.75 Å². The number of anilines is 1. The molecule has 8 heteroatoms. The highest BCUT2D eigenvalue weighted by Crippen LogP contribution is 2.64. The maximum absolute atomic E-state index is 13.1. The third kappa shape index (κ3) is 4.07. The number of ketones is 1. The highest BCUT2D eigenvalue weighted by Gasteiger charge is 2.65. The van der Waals surface area contributed by atoms with Crippen LogP contribution in [-0.2, 0) is 21.5 Å². The fraction of sp³-hybridized carbons (Fsp3) is 0.333. The Kier molecular flexibility index (Phi) is 5.83. The number of benzene rings is 2. The van der Waals surface area contributed by atoms with Gasteiger partial charge in [-0.1, -0.05) is 50.2 Å². The van der Waals surface area contributed by atoms with Crippen LogP contribution >= 0.6 is 0 Å². The van der Waals surface area contributed by atoms with Crippen LogP contribution in [0, 0.1) is 16.7 Å². The van der Waals surface area contributed by atoms with Crippen molar-refractivity contribution in [3.05, 3.63) is 84.6 Å². The molecule has 6 rings (SSSR count). The van der Waals surface area contributed by atoms with Crippen LogP contribution in [0.25, 0.3) is 16.9 Å². The van der Waals surface area contributed by atoms with E-state index >= 15 is 0 Å². The molecule has 0 saturated heterocycles. The van der Waals surface area contributed by atoms with Crippen molar-refractivity contribution in [2.75, 3.05) is 11.1 Å². The van der Waals surface area contributed by atoms with Crippen LogP contribution in [0.2, 0.25) is 0 Å². The molecule has 2 saturated carbocycles. The van der Waals surface area contributed by atoms with Crippen LogP contribution in [0.4, 0.5) is 5.82 Å². The van der Waals surface area contributed by atoms with E-state index in [1.54, 1.807) is 12.1 Å². The lowest BCUT2D eigenvalue weighted by atomic mass is 9.70. The fourth-order valence-electron chi connectivity index (χ4n) is 6.40. The molecular weight excluding hydrogens is 498 g/mol. The van der Waals surface area contributed by atoms with Crippen molar-refractivity contribution in [2.45, 2.75) is 39.7 Å². The summed E-state index contributed by atoms with van der Waals surface area (Å²) in [6.45, 7) is 4.68. The molecule has 1 N–H and O–H groups in total. The number of nitrogens with zero attached hydrogens (tertiary/aromatic N) is 2. The van der Waals surface area contributed by atoms with Crippen molar-refractivity contribution in [3.8, 4) is 17.0 Å². The van der Waals surface area contributed by atoms with Crippen LogP contribution in [0.3, 0.4) is 0 Å². The minimum Gasteiger partial charge on any atom is -0.382 e. The van der Waals surface area contributed by atoms with Gasteiger partial charge in [-0.2, -0.15) is 8.42 Å². The number of fused-ring (bicyclic) bond motifs is 3. The molecule has 2 bridgehead atoms.